The van der Waals surface area contributed by atoms with E-state index < -0.39 is 0 Å². The molecule has 0 saturated carbocycles. The van der Waals surface area contributed by atoms with Crippen LogP contribution < -0.4 is 5.32 Å². The van der Waals surface area contributed by atoms with Crippen LogP contribution in [0.25, 0.3) is 0 Å². The Bertz CT molecular complexity index is 238. The first-order valence-electron chi connectivity index (χ1n) is 3.57. The average Bonchev–Trinajstić information content (AvgIpc) is 2.06. The standard InChI is InChI=1S/C7H8ClN.C2H4O/c1-9-7-4-2-3-6(8)5-7;1-2-3/h2-5,9H,1H3;2H,1H3. The third kappa shape index (κ3) is 4.74. The predicted molar refractivity (Wildman–Crippen MR) is 52.7 cm³/mol. The van der Waals surface area contributed by atoms with Crippen LogP contribution in [0, 0.1) is 0 Å². The molecular weight excluding hydrogens is 174 g/mol. The Kier molecular flexibility index (Phi) is 6.11. The zero-order chi connectivity index (χ0) is 9.40. The number of hydrogen-bond donors (Lipinski definition) is 1. The lowest BCUT2D eigenvalue weighted by Gasteiger charge is -1.97. The van der Waals surface area contributed by atoms with E-state index in [4.69, 9.17) is 16.4 Å². The molecule has 1 N–H and O–H groups in total. The molecule has 0 unspecified atom stereocenters. The molecule has 0 aromatic heterocycles. The molecule has 0 aliphatic rings. The molecule has 1 aromatic carbocycles. The van der Waals surface area contributed by atoms with Gasteiger partial charge in [0.25, 0.3) is 0 Å². The van der Waals surface area contributed by atoms with Gasteiger partial charge in [0.15, 0.2) is 0 Å². The van der Waals surface area contributed by atoms with Crippen molar-refractivity contribution in [2.24, 2.45) is 0 Å². The molecule has 0 heterocycles. The Labute approximate surface area is 77.5 Å². The maximum Gasteiger partial charge on any atom is 0.116 e. The summed E-state index contributed by atoms with van der Waals surface area (Å²) in [6.07, 6.45) is 0.750. The summed E-state index contributed by atoms with van der Waals surface area (Å²) >= 11 is 5.68. The van der Waals surface area contributed by atoms with E-state index in [2.05, 4.69) is 5.32 Å². The van der Waals surface area contributed by atoms with E-state index in [1.807, 2.05) is 31.3 Å². The summed E-state index contributed by atoms with van der Waals surface area (Å²) in [7, 11) is 1.87. The molecule has 0 fully saturated rings. The van der Waals surface area contributed by atoms with Crippen LogP contribution in [0.2, 0.25) is 5.02 Å². The highest BCUT2D eigenvalue weighted by atomic mass is 35.5. The third-order valence-corrected chi connectivity index (χ3v) is 1.35. The Balaban J connectivity index is 0.000000354. The van der Waals surface area contributed by atoms with E-state index >= 15 is 0 Å². The molecule has 0 spiro atoms. The van der Waals surface area contributed by atoms with Crippen molar-refractivity contribution in [2.75, 3.05) is 12.4 Å². The molecule has 12 heavy (non-hydrogen) atoms. The Hall–Kier alpha value is -1.02. The normalized spacial score (nSPS) is 7.92. The van der Waals surface area contributed by atoms with Crippen molar-refractivity contribution >= 4 is 23.6 Å². The Morgan fingerprint density at radius 3 is 2.42 bits per heavy atom. The third-order valence-electron chi connectivity index (χ3n) is 1.11. The second-order valence-electron chi connectivity index (χ2n) is 2.00. The molecule has 1 rings (SSSR count). The van der Waals surface area contributed by atoms with Crippen molar-refractivity contribution in [2.45, 2.75) is 6.92 Å². The molecule has 0 saturated heterocycles. The maximum atomic E-state index is 8.81. The van der Waals surface area contributed by atoms with Crippen LogP contribution in [0.1, 0.15) is 6.92 Å². The van der Waals surface area contributed by atoms with E-state index in [0.29, 0.717) is 0 Å². The average molecular weight is 186 g/mol. The van der Waals surface area contributed by atoms with E-state index in [-0.39, 0.29) is 0 Å². The van der Waals surface area contributed by atoms with Crippen molar-refractivity contribution in [3.05, 3.63) is 29.3 Å². The molecule has 2 nitrogen and oxygen atoms in total. The fraction of sp³-hybridized carbons (Fsp3) is 0.222. The monoisotopic (exact) mass is 185 g/mol. The molecule has 0 amide bonds. The second-order valence-corrected chi connectivity index (χ2v) is 2.43. The van der Waals surface area contributed by atoms with Crippen molar-refractivity contribution in [1.29, 1.82) is 0 Å². The molecule has 1 aromatic rings. The smallest absolute Gasteiger partial charge is 0.116 e. The maximum absolute atomic E-state index is 8.81. The first kappa shape index (κ1) is 11.0. The van der Waals surface area contributed by atoms with Gasteiger partial charge >= 0.3 is 0 Å². The van der Waals surface area contributed by atoms with Crippen molar-refractivity contribution < 1.29 is 4.79 Å². The summed E-state index contributed by atoms with van der Waals surface area (Å²) in [5.41, 5.74) is 1.04. The molecule has 0 bridgehead atoms. The van der Waals surface area contributed by atoms with Gasteiger partial charge in [-0.3, -0.25) is 0 Å². The highest BCUT2D eigenvalue weighted by Gasteiger charge is 1.86. The van der Waals surface area contributed by atoms with Gasteiger partial charge in [-0.2, -0.15) is 0 Å². The number of aldehydes is 1. The van der Waals surface area contributed by atoms with Gasteiger partial charge in [-0.05, 0) is 25.1 Å². The van der Waals surface area contributed by atoms with Crippen molar-refractivity contribution in [3.8, 4) is 0 Å². The van der Waals surface area contributed by atoms with Crippen LogP contribution in [-0.4, -0.2) is 13.3 Å². The SMILES string of the molecule is CC=O.CNc1cccc(Cl)c1. The molecular formula is C9H12ClNO. The van der Waals surface area contributed by atoms with Gasteiger partial charge in [0, 0.05) is 17.8 Å². The fourth-order valence-electron chi connectivity index (χ4n) is 0.644. The number of hydrogen-bond acceptors (Lipinski definition) is 2. The zero-order valence-electron chi connectivity index (χ0n) is 7.17. The van der Waals surface area contributed by atoms with Gasteiger partial charge in [0.05, 0.1) is 0 Å². The lowest BCUT2D eigenvalue weighted by atomic mass is 10.3. The van der Waals surface area contributed by atoms with Crippen LogP contribution in [0.4, 0.5) is 5.69 Å². The molecule has 66 valence electrons. The summed E-state index contributed by atoms with van der Waals surface area (Å²) < 4.78 is 0. The minimum absolute atomic E-state index is 0.750. The molecule has 0 radical (unpaired) electrons. The molecule has 0 aliphatic carbocycles. The van der Waals surface area contributed by atoms with Gasteiger partial charge in [-0.25, -0.2) is 0 Å². The van der Waals surface area contributed by atoms with Gasteiger partial charge in [-0.1, -0.05) is 17.7 Å². The van der Waals surface area contributed by atoms with E-state index in [9.17, 15) is 0 Å². The molecule has 0 aliphatic heterocycles. The minimum Gasteiger partial charge on any atom is -0.388 e. The van der Waals surface area contributed by atoms with Crippen molar-refractivity contribution in [3.63, 3.8) is 0 Å². The fourth-order valence-corrected chi connectivity index (χ4v) is 0.834. The number of carbonyl (C=O) groups excluding carboxylic acids is 1. The lowest BCUT2D eigenvalue weighted by molar-refractivity contribution is -0.106. The summed E-state index contributed by atoms with van der Waals surface area (Å²) in [5.74, 6) is 0. The summed E-state index contributed by atoms with van der Waals surface area (Å²) in [6, 6.07) is 7.60. The zero-order valence-corrected chi connectivity index (χ0v) is 7.93. The summed E-state index contributed by atoms with van der Waals surface area (Å²) in [4.78, 5) is 8.81. The van der Waals surface area contributed by atoms with Crippen LogP contribution in [0.3, 0.4) is 0 Å². The van der Waals surface area contributed by atoms with Crippen LogP contribution in [0.5, 0.6) is 0 Å². The largest absolute Gasteiger partial charge is 0.388 e. The van der Waals surface area contributed by atoms with Crippen molar-refractivity contribution in [1.82, 2.24) is 0 Å². The van der Waals surface area contributed by atoms with Gasteiger partial charge < -0.3 is 10.1 Å². The van der Waals surface area contributed by atoms with E-state index in [1.54, 1.807) is 0 Å². The van der Waals surface area contributed by atoms with Gasteiger partial charge in [-0.15, -0.1) is 0 Å². The minimum atomic E-state index is 0.750. The number of benzene rings is 1. The number of rotatable bonds is 1. The van der Waals surface area contributed by atoms with Gasteiger partial charge in [0.1, 0.15) is 6.29 Å². The molecule has 0 atom stereocenters. The topological polar surface area (TPSA) is 29.1 Å². The number of halogens is 1. The number of carbonyl (C=O) groups is 1. The Morgan fingerprint density at radius 2 is 2.08 bits per heavy atom. The first-order valence-corrected chi connectivity index (χ1v) is 3.95. The second kappa shape index (κ2) is 6.68. The number of anilines is 1. The molecule has 3 heteroatoms. The van der Waals surface area contributed by atoms with E-state index in [0.717, 1.165) is 17.0 Å². The van der Waals surface area contributed by atoms with Crippen LogP contribution in [-0.2, 0) is 4.79 Å². The Morgan fingerprint density at radius 1 is 1.50 bits per heavy atom. The van der Waals surface area contributed by atoms with Crippen LogP contribution >= 0.6 is 11.6 Å². The van der Waals surface area contributed by atoms with E-state index in [1.165, 1.54) is 6.92 Å². The summed E-state index contributed by atoms with van der Waals surface area (Å²) in [5, 5.41) is 3.75. The first-order chi connectivity index (χ1) is 5.74. The predicted octanol–water partition coefficient (Wildman–Crippen LogP) is 2.59. The highest BCUT2D eigenvalue weighted by Crippen LogP contribution is 2.13. The van der Waals surface area contributed by atoms with Gasteiger partial charge in [0.2, 0.25) is 0 Å². The highest BCUT2D eigenvalue weighted by molar-refractivity contribution is 6.30. The van der Waals surface area contributed by atoms with Crippen LogP contribution in [0.15, 0.2) is 24.3 Å². The quantitative estimate of drug-likeness (QED) is 0.682. The lowest BCUT2D eigenvalue weighted by Crippen LogP contribution is -1.85. The number of nitrogens with one attached hydrogen (secondary N) is 1. The summed E-state index contributed by atoms with van der Waals surface area (Å²) in [6.45, 7) is 1.44.